The van der Waals surface area contributed by atoms with Gasteiger partial charge in [0.05, 0.1) is 6.54 Å². The Kier molecular flexibility index (Phi) is 6.73. The van der Waals surface area contributed by atoms with E-state index in [0.717, 1.165) is 34.6 Å². The van der Waals surface area contributed by atoms with Gasteiger partial charge in [0.2, 0.25) is 11.8 Å². The molecular formula is C23H23ClN2O3. The maximum Gasteiger partial charge on any atom is 0.246 e. The number of halogens is 1. The van der Waals surface area contributed by atoms with E-state index in [0.29, 0.717) is 11.6 Å². The van der Waals surface area contributed by atoms with Gasteiger partial charge in [-0.3, -0.25) is 9.59 Å². The van der Waals surface area contributed by atoms with Crippen molar-refractivity contribution in [3.05, 3.63) is 76.3 Å². The normalized spacial score (nSPS) is 12.7. The summed E-state index contributed by atoms with van der Waals surface area (Å²) in [6, 6.07) is 13.1. The van der Waals surface area contributed by atoms with E-state index < -0.39 is 0 Å². The second kappa shape index (κ2) is 9.43. The van der Waals surface area contributed by atoms with E-state index in [1.807, 2.05) is 49.4 Å². The first-order valence-electron chi connectivity index (χ1n) is 9.40. The van der Waals surface area contributed by atoms with Crippen molar-refractivity contribution in [1.29, 1.82) is 0 Å². The van der Waals surface area contributed by atoms with Gasteiger partial charge in [0.25, 0.3) is 0 Å². The fourth-order valence-electron chi connectivity index (χ4n) is 3.00. The highest BCUT2D eigenvalue weighted by atomic mass is 35.5. The minimum atomic E-state index is -0.262. The second-order valence-corrected chi connectivity index (χ2v) is 7.21. The number of ether oxygens (including phenoxy) is 1. The first kappa shape index (κ1) is 20.7. The number of nitrogens with one attached hydrogen (secondary N) is 1. The van der Waals surface area contributed by atoms with E-state index in [-0.39, 0.29) is 18.4 Å². The maximum atomic E-state index is 12.4. The van der Waals surface area contributed by atoms with Crippen LogP contribution in [0, 0.1) is 0 Å². The van der Waals surface area contributed by atoms with E-state index in [4.69, 9.17) is 16.3 Å². The molecule has 2 amide bonds. The van der Waals surface area contributed by atoms with Crippen molar-refractivity contribution in [3.63, 3.8) is 0 Å². The van der Waals surface area contributed by atoms with Crippen LogP contribution in [0.1, 0.15) is 18.1 Å². The number of carbonyl (C=O) groups excluding carboxylic acids is 2. The van der Waals surface area contributed by atoms with Crippen molar-refractivity contribution >= 4 is 35.2 Å². The first-order chi connectivity index (χ1) is 14.0. The zero-order chi connectivity index (χ0) is 20.8. The maximum absolute atomic E-state index is 12.4. The molecule has 2 aromatic rings. The molecule has 3 rings (SSSR count). The first-order valence-corrected chi connectivity index (χ1v) is 9.78. The van der Waals surface area contributed by atoms with Crippen LogP contribution in [-0.4, -0.2) is 36.9 Å². The molecule has 0 radical (unpaired) electrons. The van der Waals surface area contributed by atoms with E-state index in [2.05, 4.69) is 5.32 Å². The van der Waals surface area contributed by atoms with Crippen LogP contribution >= 0.6 is 11.6 Å². The number of rotatable bonds is 6. The van der Waals surface area contributed by atoms with Crippen molar-refractivity contribution in [1.82, 2.24) is 4.90 Å². The lowest BCUT2D eigenvalue weighted by Crippen LogP contribution is -2.34. The Morgan fingerprint density at radius 1 is 1.24 bits per heavy atom. The van der Waals surface area contributed by atoms with Crippen molar-refractivity contribution in [2.24, 2.45) is 0 Å². The molecule has 5 nitrogen and oxygen atoms in total. The SMILES string of the molecule is CCc1ccccc1NC(=O)CN(C)C(=O)/C=C/C1=Cc2cc(Cl)ccc2OC1. The molecule has 0 saturated heterocycles. The Labute approximate surface area is 175 Å². The van der Waals surface area contributed by atoms with Gasteiger partial charge in [0.1, 0.15) is 12.4 Å². The lowest BCUT2D eigenvalue weighted by atomic mass is 10.1. The van der Waals surface area contributed by atoms with Crippen LogP contribution in [0.15, 0.2) is 60.2 Å². The summed E-state index contributed by atoms with van der Waals surface area (Å²) < 4.78 is 5.67. The Bertz CT molecular complexity index is 982. The largest absolute Gasteiger partial charge is 0.488 e. The van der Waals surface area contributed by atoms with Crippen LogP contribution in [0.25, 0.3) is 6.08 Å². The summed E-state index contributed by atoms with van der Waals surface area (Å²) in [5, 5.41) is 3.49. The van der Waals surface area contributed by atoms with Gasteiger partial charge in [-0.2, -0.15) is 0 Å². The van der Waals surface area contributed by atoms with Crippen LogP contribution in [-0.2, 0) is 16.0 Å². The molecule has 0 unspecified atom stereocenters. The highest BCUT2D eigenvalue weighted by molar-refractivity contribution is 6.30. The summed E-state index contributed by atoms with van der Waals surface area (Å²) in [6.07, 6.45) is 5.90. The topological polar surface area (TPSA) is 58.6 Å². The van der Waals surface area contributed by atoms with Crippen molar-refractivity contribution in [2.45, 2.75) is 13.3 Å². The number of amides is 2. The lowest BCUT2D eigenvalue weighted by molar-refractivity contribution is -0.129. The molecule has 6 heteroatoms. The fraction of sp³-hybridized carbons (Fsp3) is 0.217. The highest BCUT2D eigenvalue weighted by Gasteiger charge is 2.13. The molecule has 0 saturated carbocycles. The number of aryl methyl sites for hydroxylation is 1. The van der Waals surface area contributed by atoms with Crippen molar-refractivity contribution in [3.8, 4) is 5.75 Å². The predicted molar refractivity (Wildman–Crippen MR) is 116 cm³/mol. The minimum absolute atomic E-state index is 0.0325. The number of fused-ring (bicyclic) bond motifs is 1. The fourth-order valence-corrected chi connectivity index (χ4v) is 3.18. The average Bonchev–Trinajstić information content (AvgIpc) is 2.71. The third-order valence-electron chi connectivity index (χ3n) is 4.58. The third kappa shape index (κ3) is 5.48. The molecule has 2 aromatic carbocycles. The quantitative estimate of drug-likeness (QED) is 0.721. The highest BCUT2D eigenvalue weighted by Crippen LogP contribution is 2.29. The Morgan fingerprint density at radius 3 is 2.83 bits per heavy atom. The van der Waals surface area contributed by atoms with Crippen LogP contribution < -0.4 is 10.1 Å². The lowest BCUT2D eigenvalue weighted by Gasteiger charge is -2.17. The van der Waals surface area contributed by atoms with E-state index >= 15 is 0 Å². The smallest absolute Gasteiger partial charge is 0.246 e. The van der Waals surface area contributed by atoms with Gasteiger partial charge in [0.15, 0.2) is 0 Å². The minimum Gasteiger partial charge on any atom is -0.488 e. The van der Waals surface area contributed by atoms with Gasteiger partial charge in [0, 0.05) is 29.4 Å². The predicted octanol–water partition coefficient (Wildman–Crippen LogP) is 4.33. The van der Waals surface area contributed by atoms with Gasteiger partial charge in [-0.05, 0) is 47.9 Å². The van der Waals surface area contributed by atoms with Crippen LogP contribution in [0.3, 0.4) is 0 Å². The number of nitrogens with zero attached hydrogens (tertiary/aromatic N) is 1. The second-order valence-electron chi connectivity index (χ2n) is 6.78. The number of anilines is 1. The number of hydrogen-bond donors (Lipinski definition) is 1. The third-order valence-corrected chi connectivity index (χ3v) is 4.81. The molecule has 29 heavy (non-hydrogen) atoms. The van der Waals surface area contributed by atoms with E-state index in [1.165, 1.54) is 11.0 Å². The van der Waals surface area contributed by atoms with Gasteiger partial charge in [-0.1, -0.05) is 42.8 Å². The van der Waals surface area contributed by atoms with Crippen LogP contribution in [0.5, 0.6) is 5.75 Å². The molecule has 1 aliphatic rings. The number of carbonyl (C=O) groups is 2. The van der Waals surface area contributed by atoms with Gasteiger partial charge >= 0.3 is 0 Å². The zero-order valence-corrected chi connectivity index (χ0v) is 17.2. The summed E-state index contributed by atoms with van der Waals surface area (Å²) in [5.74, 6) is 0.264. The summed E-state index contributed by atoms with van der Waals surface area (Å²) in [7, 11) is 1.60. The Hall–Kier alpha value is -3.05. The summed E-state index contributed by atoms with van der Waals surface area (Å²) in [5.41, 5.74) is 3.55. The summed E-state index contributed by atoms with van der Waals surface area (Å²) >= 11 is 6.02. The molecule has 1 aliphatic heterocycles. The molecule has 0 spiro atoms. The molecule has 0 aromatic heterocycles. The molecule has 0 aliphatic carbocycles. The van der Waals surface area contributed by atoms with Gasteiger partial charge < -0.3 is 15.0 Å². The summed E-state index contributed by atoms with van der Waals surface area (Å²) in [6.45, 7) is 2.37. The monoisotopic (exact) mass is 410 g/mol. The number of para-hydroxylation sites is 1. The number of likely N-dealkylation sites (N-methyl/N-ethyl adjacent to an activating group) is 1. The molecule has 0 bridgehead atoms. The number of hydrogen-bond acceptors (Lipinski definition) is 3. The van der Waals surface area contributed by atoms with Gasteiger partial charge in [-0.15, -0.1) is 0 Å². The molecule has 1 heterocycles. The molecule has 0 atom stereocenters. The zero-order valence-electron chi connectivity index (χ0n) is 16.4. The van der Waals surface area contributed by atoms with E-state index in [1.54, 1.807) is 19.2 Å². The average molecular weight is 411 g/mol. The standard InChI is InChI=1S/C23H23ClN2O3/c1-3-17-6-4-5-7-20(17)25-22(27)14-26(2)23(28)11-8-16-12-18-13-19(24)9-10-21(18)29-15-16/h4-13H,3,14-15H2,1-2H3,(H,25,27)/b11-8+. The van der Waals surface area contributed by atoms with Crippen LogP contribution in [0.2, 0.25) is 5.02 Å². The number of benzene rings is 2. The summed E-state index contributed by atoms with van der Waals surface area (Å²) in [4.78, 5) is 26.0. The molecule has 1 N–H and O–H groups in total. The molecule has 150 valence electrons. The Balaban J connectivity index is 1.58. The Morgan fingerprint density at radius 2 is 2.03 bits per heavy atom. The van der Waals surface area contributed by atoms with Gasteiger partial charge in [-0.25, -0.2) is 0 Å². The molecule has 0 fully saturated rings. The van der Waals surface area contributed by atoms with Crippen LogP contribution in [0.4, 0.5) is 5.69 Å². The molecular weight excluding hydrogens is 388 g/mol. The van der Waals surface area contributed by atoms with E-state index in [9.17, 15) is 9.59 Å². The van der Waals surface area contributed by atoms with Crippen molar-refractivity contribution < 1.29 is 14.3 Å². The van der Waals surface area contributed by atoms with Crippen molar-refractivity contribution in [2.75, 3.05) is 25.5 Å².